The summed E-state index contributed by atoms with van der Waals surface area (Å²) in [5.41, 5.74) is 0.791. The molecule has 15 heavy (non-hydrogen) atoms. The maximum Gasteiger partial charge on any atom is 0.321 e. The number of alkyl halides is 2. The molecular formula is C9H10Br3NO2. The molecule has 6 heteroatoms. The highest BCUT2D eigenvalue weighted by Crippen LogP contribution is 2.30. The zero-order chi connectivity index (χ0) is 10.6. The fourth-order valence-corrected chi connectivity index (χ4v) is 1.87. The van der Waals surface area contributed by atoms with Crippen molar-refractivity contribution in [1.29, 1.82) is 0 Å². The SMILES string of the molecule is Br.COC(=O)C(Br)C(Br)c1ccccn1. The molecule has 0 N–H and O–H groups in total. The second kappa shape index (κ2) is 7.35. The van der Waals surface area contributed by atoms with Gasteiger partial charge in [0.1, 0.15) is 4.83 Å². The van der Waals surface area contributed by atoms with Crippen molar-refractivity contribution in [2.24, 2.45) is 0 Å². The lowest BCUT2D eigenvalue weighted by Crippen LogP contribution is -2.20. The first-order valence-corrected chi connectivity index (χ1v) is 5.77. The molecule has 0 aliphatic carbocycles. The number of hydrogen-bond acceptors (Lipinski definition) is 3. The number of hydrogen-bond donors (Lipinski definition) is 0. The molecular weight excluding hydrogens is 394 g/mol. The van der Waals surface area contributed by atoms with Crippen LogP contribution in [-0.4, -0.2) is 22.9 Å². The van der Waals surface area contributed by atoms with Crippen LogP contribution in [0.1, 0.15) is 10.5 Å². The van der Waals surface area contributed by atoms with Crippen LogP contribution >= 0.6 is 48.8 Å². The Balaban J connectivity index is 0.00000196. The summed E-state index contributed by atoms with van der Waals surface area (Å²) < 4.78 is 4.61. The molecule has 0 fully saturated rings. The number of aromatic nitrogens is 1. The van der Waals surface area contributed by atoms with Crippen LogP contribution in [0.2, 0.25) is 0 Å². The summed E-state index contributed by atoms with van der Waals surface area (Å²) in [7, 11) is 1.36. The van der Waals surface area contributed by atoms with E-state index in [4.69, 9.17) is 0 Å². The summed E-state index contributed by atoms with van der Waals surface area (Å²) in [5, 5.41) is 0. The number of rotatable bonds is 3. The van der Waals surface area contributed by atoms with E-state index in [0.29, 0.717) is 0 Å². The van der Waals surface area contributed by atoms with Crippen LogP contribution in [0.3, 0.4) is 0 Å². The normalized spacial score (nSPS) is 13.5. The Kier molecular flexibility index (Phi) is 7.38. The first-order valence-electron chi connectivity index (χ1n) is 3.93. The maximum absolute atomic E-state index is 11.2. The molecule has 1 rings (SSSR count). The molecule has 0 bridgehead atoms. The second-order valence-electron chi connectivity index (χ2n) is 2.58. The quantitative estimate of drug-likeness (QED) is 0.575. The van der Waals surface area contributed by atoms with Gasteiger partial charge >= 0.3 is 5.97 Å². The van der Waals surface area contributed by atoms with Gasteiger partial charge in [-0.3, -0.25) is 9.78 Å². The lowest BCUT2D eigenvalue weighted by molar-refractivity contribution is -0.139. The second-order valence-corrected chi connectivity index (χ2v) is 4.55. The number of carbonyl (C=O) groups is 1. The Hall–Kier alpha value is 0.0600. The lowest BCUT2D eigenvalue weighted by atomic mass is 10.2. The summed E-state index contributed by atoms with van der Waals surface area (Å²) in [6, 6.07) is 5.54. The third-order valence-corrected chi connectivity index (χ3v) is 4.26. The summed E-state index contributed by atoms with van der Waals surface area (Å²) in [6.45, 7) is 0. The summed E-state index contributed by atoms with van der Waals surface area (Å²) in [6.07, 6.45) is 1.68. The Morgan fingerprint density at radius 2 is 2.13 bits per heavy atom. The highest BCUT2D eigenvalue weighted by molar-refractivity contribution is 9.12. The summed E-state index contributed by atoms with van der Waals surface area (Å²) in [5.74, 6) is -0.322. The van der Waals surface area contributed by atoms with Crippen LogP contribution in [0, 0.1) is 0 Å². The molecule has 1 heterocycles. The fraction of sp³-hybridized carbons (Fsp3) is 0.333. The van der Waals surface area contributed by atoms with Crippen LogP contribution in [0.5, 0.6) is 0 Å². The van der Waals surface area contributed by atoms with E-state index in [2.05, 4.69) is 41.6 Å². The fourth-order valence-electron chi connectivity index (χ4n) is 0.921. The van der Waals surface area contributed by atoms with Crippen LogP contribution < -0.4 is 0 Å². The molecule has 0 saturated heterocycles. The molecule has 2 unspecified atom stereocenters. The number of methoxy groups -OCH3 is 1. The van der Waals surface area contributed by atoms with Crippen molar-refractivity contribution in [3.05, 3.63) is 30.1 Å². The van der Waals surface area contributed by atoms with Gasteiger partial charge in [0.25, 0.3) is 0 Å². The Morgan fingerprint density at radius 1 is 1.47 bits per heavy atom. The third kappa shape index (κ3) is 4.20. The molecule has 0 aliphatic rings. The van der Waals surface area contributed by atoms with Gasteiger partial charge in [-0.1, -0.05) is 37.9 Å². The van der Waals surface area contributed by atoms with E-state index in [1.807, 2.05) is 18.2 Å². The van der Waals surface area contributed by atoms with Gasteiger partial charge in [0.2, 0.25) is 0 Å². The van der Waals surface area contributed by atoms with Crippen molar-refractivity contribution >= 4 is 54.8 Å². The zero-order valence-corrected chi connectivity index (χ0v) is 12.8. The Morgan fingerprint density at radius 3 is 2.60 bits per heavy atom. The van der Waals surface area contributed by atoms with Crippen molar-refractivity contribution in [2.45, 2.75) is 9.65 Å². The smallest absolute Gasteiger partial charge is 0.321 e. The van der Waals surface area contributed by atoms with Crippen molar-refractivity contribution in [2.75, 3.05) is 7.11 Å². The predicted molar refractivity (Wildman–Crippen MR) is 71.0 cm³/mol. The van der Waals surface area contributed by atoms with Crippen molar-refractivity contribution in [1.82, 2.24) is 4.98 Å². The minimum absolute atomic E-state index is 0. The highest BCUT2D eigenvalue weighted by Gasteiger charge is 2.26. The van der Waals surface area contributed by atoms with Gasteiger partial charge in [-0.05, 0) is 12.1 Å². The van der Waals surface area contributed by atoms with Gasteiger partial charge in [-0.25, -0.2) is 0 Å². The largest absolute Gasteiger partial charge is 0.468 e. The van der Waals surface area contributed by atoms with Crippen molar-refractivity contribution in [3.8, 4) is 0 Å². The molecule has 0 saturated carbocycles. The first-order chi connectivity index (χ1) is 6.66. The van der Waals surface area contributed by atoms with Gasteiger partial charge in [0.05, 0.1) is 17.6 Å². The molecule has 1 aromatic heterocycles. The minimum atomic E-state index is -0.428. The number of carbonyl (C=O) groups excluding carboxylic acids is 1. The Labute approximate surface area is 116 Å². The van der Waals surface area contributed by atoms with Gasteiger partial charge in [0, 0.05) is 6.20 Å². The van der Waals surface area contributed by atoms with Crippen LogP contribution in [0.25, 0.3) is 0 Å². The number of halogens is 3. The molecule has 0 aromatic carbocycles. The summed E-state index contributed by atoms with van der Waals surface area (Å²) in [4.78, 5) is 14.7. The topological polar surface area (TPSA) is 39.2 Å². The van der Waals surface area contributed by atoms with Gasteiger partial charge in [-0.2, -0.15) is 0 Å². The zero-order valence-electron chi connectivity index (χ0n) is 7.89. The standard InChI is InChI=1S/C9H9Br2NO2.BrH/c1-14-9(13)8(11)7(10)6-4-2-3-5-12-6;/h2-5,7-8H,1H3;1H. The molecule has 2 atom stereocenters. The average molecular weight is 404 g/mol. The number of esters is 1. The third-order valence-electron chi connectivity index (χ3n) is 1.65. The van der Waals surface area contributed by atoms with Crippen molar-refractivity contribution in [3.63, 3.8) is 0 Å². The molecule has 0 aliphatic heterocycles. The molecule has 0 radical (unpaired) electrons. The van der Waals surface area contributed by atoms with Gasteiger partial charge in [0.15, 0.2) is 0 Å². The van der Waals surface area contributed by atoms with E-state index in [1.54, 1.807) is 6.20 Å². The number of ether oxygens (including phenoxy) is 1. The Bertz CT molecular complexity index is 307. The van der Waals surface area contributed by atoms with E-state index in [0.717, 1.165) is 5.69 Å². The lowest BCUT2D eigenvalue weighted by Gasteiger charge is -2.13. The molecule has 3 nitrogen and oxygen atoms in total. The molecule has 0 amide bonds. The van der Waals surface area contributed by atoms with Crippen molar-refractivity contribution < 1.29 is 9.53 Å². The van der Waals surface area contributed by atoms with Crippen LogP contribution in [-0.2, 0) is 9.53 Å². The number of pyridine rings is 1. The molecule has 84 valence electrons. The first kappa shape index (κ1) is 15.1. The van der Waals surface area contributed by atoms with Crippen LogP contribution in [0.15, 0.2) is 24.4 Å². The van der Waals surface area contributed by atoms with E-state index in [1.165, 1.54) is 7.11 Å². The highest BCUT2D eigenvalue weighted by atomic mass is 79.9. The number of nitrogens with zero attached hydrogens (tertiary/aromatic N) is 1. The predicted octanol–water partition coefficient (Wildman–Crippen LogP) is 3.03. The van der Waals surface area contributed by atoms with E-state index in [-0.39, 0.29) is 27.8 Å². The minimum Gasteiger partial charge on any atom is -0.468 e. The van der Waals surface area contributed by atoms with E-state index >= 15 is 0 Å². The summed E-state index contributed by atoms with van der Waals surface area (Å²) >= 11 is 6.63. The maximum atomic E-state index is 11.2. The average Bonchev–Trinajstić information content (AvgIpc) is 2.27. The molecule has 1 aromatic rings. The van der Waals surface area contributed by atoms with Gasteiger partial charge < -0.3 is 4.74 Å². The van der Waals surface area contributed by atoms with Crippen LogP contribution in [0.4, 0.5) is 0 Å². The van der Waals surface area contributed by atoms with E-state index in [9.17, 15) is 4.79 Å². The molecule has 0 spiro atoms. The van der Waals surface area contributed by atoms with E-state index < -0.39 is 4.83 Å². The van der Waals surface area contributed by atoms with Gasteiger partial charge in [-0.15, -0.1) is 17.0 Å². The monoisotopic (exact) mass is 401 g/mol.